The van der Waals surface area contributed by atoms with Crippen molar-refractivity contribution in [1.29, 1.82) is 0 Å². The van der Waals surface area contributed by atoms with E-state index in [4.69, 9.17) is 0 Å². The van der Waals surface area contributed by atoms with Crippen LogP contribution in [0.5, 0.6) is 0 Å². The standard InChI is InChI=1S/C16H20N4O/c1-11-15(12(2)19-18-11)8-16(21)20-7-5-14(10-20)13-4-3-6-17-9-13/h3-4,6,9,14H,5,7-8,10H2,1-2H3,(H,18,19). The Morgan fingerprint density at radius 3 is 3.00 bits per heavy atom. The van der Waals surface area contributed by atoms with Crippen LogP contribution in [0.1, 0.15) is 34.9 Å². The first-order valence-corrected chi connectivity index (χ1v) is 7.33. The van der Waals surface area contributed by atoms with Gasteiger partial charge in [-0.15, -0.1) is 0 Å². The Labute approximate surface area is 124 Å². The molecule has 21 heavy (non-hydrogen) atoms. The maximum Gasteiger partial charge on any atom is 0.227 e. The molecule has 1 N–H and O–H groups in total. The van der Waals surface area contributed by atoms with Crippen LogP contribution < -0.4 is 0 Å². The van der Waals surface area contributed by atoms with Gasteiger partial charge in [0, 0.05) is 42.7 Å². The maximum absolute atomic E-state index is 12.5. The zero-order valence-electron chi connectivity index (χ0n) is 12.5. The second-order valence-electron chi connectivity index (χ2n) is 5.70. The molecule has 1 fully saturated rings. The molecule has 0 bridgehead atoms. The van der Waals surface area contributed by atoms with Gasteiger partial charge in [-0.25, -0.2) is 0 Å². The summed E-state index contributed by atoms with van der Waals surface area (Å²) in [6.45, 7) is 5.52. The minimum absolute atomic E-state index is 0.189. The number of H-pyrrole nitrogens is 1. The van der Waals surface area contributed by atoms with Crippen LogP contribution in [0, 0.1) is 13.8 Å². The SMILES string of the molecule is Cc1n[nH]c(C)c1CC(=O)N1CCC(c2cccnc2)C1. The van der Waals surface area contributed by atoms with Gasteiger partial charge in [0.1, 0.15) is 0 Å². The molecule has 110 valence electrons. The second-order valence-corrected chi connectivity index (χ2v) is 5.70. The summed E-state index contributed by atoms with van der Waals surface area (Å²) in [5, 5.41) is 7.09. The van der Waals surface area contributed by atoms with Gasteiger partial charge in [0.15, 0.2) is 0 Å². The topological polar surface area (TPSA) is 61.9 Å². The molecule has 5 nitrogen and oxygen atoms in total. The summed E-state index contributed by atoms with van der Waals surface area (Å²) in [7, 11) is 0. The van der Waals surface area contributed by atoms with Gasteiger partial charge in [-0.05, 0) is 31.9 Å². The molecule has 1 amide bonds. The van der Waals surface area contributed by atoms with Crippen molar-refractivity contribution >= 4 is 5.91 Å². The summed E-state index contributed by atoms with van der Waals surface area (Å²) in [6, 6.07) is 4.05. The molecule has 0 saturated carbocycles. The minimum atomic E-state index is 0.189. The second kappa shape index (κ2) is 5.68. The van der Waals surface area contributed by atoms with Gasteiger partial charge >= 0.3 is 0 Å². The Morgan fingerprint density at radius 1 is 1.48 bits per heavy atom. The monoisotopic (exact) mass is 284 g/mol. The third-order valence-corrected chi connectivity index (χ3v) is 4.31. The Bertz CT molecular complexity index is 615. The smallest absolute Gasteiger partial charge is 0.227 e. The zero-order valence-corrected chi connectivity index (χ0v) is 12.5. The molecule has 3 rings (SSSR count). The van der Waals surface area contributed by atoms with Crippen LogP contribution in [0.3, 0.4) is 0 Å². The van der Waals surface area contributed by atoms with E-state index < -0.39 is 0 Å². The van der Waals surface area contributed by atoms with Crippen molar-refractivity contribution in [3.8, 4) is 0 Å². The first kappa shape index (κ1) is 13.8. The highest BCUT2D eigenvalue weighted by atomic mass is 16.2. The van der Waals surface area contributed by atoms with E-state index in [1.807, 2.05) is 31.0 Å². The number of pyridine rings is 1. The fourth-order valence-electron chi connectivity index (χ4n) is 2.97. The van der Waals surface area contributed by atoms with Crippen LogP contribution in [0.15, 0.2) is 24.5 Å². The molecule has 0 spiro atoms. The van der Waals surface area contributed by atoms with Gasteiger partial charge in [-0.1, -0.05) is 6.07 Å². The van der Waals surface area contributed by atoms with Crippen molar-refractivity contribution in [3.05, 3.63) is 47.0 Å². The highest BCUT2D eigenvalue weighted by Gasteiger charge is 2.28. The van der Waals surface area contributed by atoms with E-state index >= 15 is 0 Å². The number of likely N-dealkylation sites (tertiary alicyclic amines) is 1. The molecule has 1 saturated heterocycles. The lowest BCUT2D eigenvalue weighted by molar-refractivity contribution is -0.129. The lowest BCUT2D eigenvalue weighted by Gasteiger charge is -2.16. The first-order valence-electron chi connectivity index (χ1n) is 7.33. The molecule has 1 unspecified atom stereocenters. The first-order chi connectivity index (χ1) is 10.1. The fourth-order valence-corrected chi connectivity index (χ4v) is 2.97. The maximum atomic E-state index is 12.5. The summed E-state index contributed by atoms with van der Waals surface area (Å²) >= 11 is 0. The molecule has 0 radical (unpaired) electrons. The van der Waals surface area contributed by atoms with E-state index in [0.29, 0.717) is 12.3 Å². The van der Waals surface area contributed by atoms with Crippen molar-refractivity contribution in [2.45, 2.75) is 32.6 Å². The summed E-state index contributed by atoms with van der Waals surface area (Å²) < 4.78 is 0. The van der Waals surface area contributed by atoms with E-state index in [2.05, 4.69) is 21.2 Å². The lowest BCUT2D eigenvalue weighted by Crippen LogP contribution is -2.30. The molecule has 5 heteroatoms. The van der Waals surface area contributed by atoms with E-state index in [0.717, 1.165) is 36.5 Å². The van der Waals surface area contributed by atoms with E-state index in [1.165, 1.54) is 5.56 Å². The molecule has 0 aliphatic carbocycles. The van der Waals surface area contributed by atoms with E-state index in [1.54, 1.807) is 6.20 Å². The van der Waals surface area contributed by atoms with Gasteiger partial charge in [0.05, 0.1) is 12.1 Å². The van der Waals surface area contributed by atoms with Gasteiger partial charge in [-0.2, -0.15) is 5.10 Å². The Kier molecular flexibility index (Phi) is 3.73. The normalized spacial score (nSPS) is 18.2. The Morgan fingerprint density at radius 2 is 2.33 bits per heavy atom. The van der Waals surface area contributed by atoms with Crippen molar-refractivity contribution in [2.75, 3.05) is 13.1 Å². The number of aromatic nitrogens is 3. The zero-order chi connectivity index (χ0) is 14.8. The number of carbonyl (C=O) groups excluding carboxylic acids is 1. The highest BCUT2D eigenvalue weighted by Crippen LogP contribution is 2.27. The average molecular weight is 284 g/mol. The minimum Gasteiger partial charge on any atom is -0.342 e. The number of nitrogens with one attached hydrogen (secondary N) is 1. The molecule has 1 aliphatic heterocycles. The van der Waals surface area contributed by atoms with Crippen molar-refractivity contribution < 1.29 is 4.79 Å². The number of aryl methyl sites for hydroxylation is 2. The quantitative estimate of drug-likeness (QED) is 0.937. The molecule has 2 aromatic rings. The highest BCUT2D eigenvalue weighted by molar-refractivity contribution is 5.79. The Hall–Kier alpha value is -2.17. The largest absolute Gasteiger partial charge is 0.342 e. The van der Waals surface area contributed by atoms with Crippen molar-refractivity contribution in [1.82, 2.24) is 20.1 Å². The van der Waals surface area contributed by atoms with Crippen LogP contribution in [-0.2, 0) is 11.2 Å². The van der Waals surface area contributed by atoms with Gasteiger partial charge in [0.25, 0.3) is 0 Å². The number of nitrogens with zero attached hydrogens (tertiary/aromatic N) is 3. The molecule has 2 aromatic heterocycles. The number of hydrogen-bond acceptors (Lipinski definition) is 3. The third kappa shape index (κ3) is 2.82. The number of carbonyl (C=O) groups is 1. The molecule has 3 heterocycles. The predicted molar refractivity (Wildman–Crippen MR) is 79.9 cm³/mol. The van der Waals surface area contributed by atoms with Gasteiger partial charge in [0.2, 0.25) is 5.91 Å². The van der Waals surface area contributed by atoms with Gasteiger partial charge < -0.3 is 4.90 Å². The van der Waals surface area contributed by atoms with Crippen LogP contribution in [0.25, 0.3) is 0 Å². The average Bonchev–Trinajstić information content (AvgIpc) is 3.11. The number of hydrogen-bond donors (Lipinski definition) is 1. The van der Waals surface area contributed by atoms with E-state index in [-0.39, 0.29) is 5.91 Å². The number of aromatic amines is 1. The van der Waals surface area contributed by atoms with Crippen LogP contribution in [-0.4, -0.2) is 39.1 Å². The summed E-state index contributed by atoms with van der Waals surface area (Å²) in [4.78, 5) is 18.6. The number of amides is 1. The molecule has 0 aromatic carbocycles. The van der Waals surface area contributed by atoms with E-state index in [9.17, 15) is 4.79 Å². The summed E-state index contributed by atoms with van der Waals surface area (Å²) in [6.07, 6.45) is 5.14. The van der Waals surface area contributed by atoms with Gasteiger partial charge in [-0.3, -0.25) is 14.9 Å². The molecule has 1 atom stereocenters. The summed E-state index contributed by atoms with van der Waals surface area (Å²) in [5.74, 6) is 0.600. The number of rotatable bonds is 3. The molecular weight excluding hydrogens is 264 g/mol. The van der Waals surface area contributed by atoms with Crippen LogP contribution >= 0.6 is 0 Å². The lowest BCUT2D eigenvalue weighted by atomic mass is 10.0. The van der Waals surface area contributed by atoms with Crippen LogP contribution in [0.2, 0.25) is 0 Å². The van der Waals surface area contributed by atoms with Crippen LogP contribution in [0.4, 0.5) is 0 Å². The van der Waals surface area contributed by atoms with Crippen molar-refractivity contribution in [3.63, 3.8) is 0 Å². The molecular formula is C16H20N4O. The third-order valence-electron chi connectivity index (χ3n) is 4.31. The van der Waals surface area contributed by atoms with Crippen molar-refractivity contribution in [2.24, 2.45) is 0 Å². The Balaban J connectivity index is 1.65. The summed E-state index contributed by atoms with van der Waals surface area (Å²) in [5.41, 5.74) is 4.17. The fraction of sp³-hybridized carbons (Fsp3) is 0.438. The molecule has 1 aliphatic rings. The predicted octanol–water partition coefficient (Wildman–Crippen LogP) is 1.98.